The molecule has 1 saturated heterocycles. The van der Waals surface area contributed by atoms with Crippen molar-refractivity contribution in [3.63, 3.8) is 0 Å². The minimum atomic E-state index is -3.79. The van der Waals surface area contributed by atoms with Crippen LogP contribution >= 0.6 is 11.6 Å². The zero-order valence-corrected chi connectivity index (χ0v) is 17.9. The summed E-state index contributed by atoms with van der Waals surface area (Å²) in [5.74, 6) is -3.07. The normalized spacial score (nSPS) is 15.8. The van der Waals surface area contributed by atoms with Crippen LogP contribution in [0.3, 0.4) is 0 Å². The van der Waals surface area contributed by atoms with Gasteiger partial charge in [0, 0.05) is 26.2 Å². The Morgan fingerprint density at radius 1 is 1.10 bits per heavy atom. The summed E-state index contributed by atoms with van der Waals surface area (Å²) >= 11 is 5.85. The summed E-state index contributed by atoms with van der Waals surface area (Å²) in [6, 6.07) is 5.41. The number of rotatable bonds is 5. The number of hydrogen-bond donors (Lipinski definition) is 1. The van der Waals surface area contributed by atoms with Crippen molar-refractivity contribution in [3.8, 4) is 5.75 Å². The summed E-state index contributed by atoms with van der Waals surface area (Å²) in [4.78, 5) is 14.6. The molecule has 162 valence electrons. The van der Waals surface area contributed by atoms with E-state index in [1.54, 1.807) is 0 Å². The Morgan fingerprint density at radius 3 is 2.37 bits per heavy atom. The third-order valence-electron chi connectivity index (χ3n) is 4.77. The summed E-state index contributed by atoms with van der Waals surface area (Å²) < 4.78 is 59.3. The van der Waals surface area contributed by atoms with Crippen LogP contribution in [0.15, 0.2) is 35.2 Å². The van der Waals surface area contributed by atoms with E-state index in [1.807, 2.05) is 11.9 Å². The first kappa shape index (κ1) is 22.4. The fourth-order valence-electron chi connectivity index (χ4n) is 3.01. The number of halogens is 3. The molecule has 0 spiro atoms. The van der Waals surface area contributed by atoms with E-state index < -0.39 is 27.6 Å². The molecule has 1 heterocycles. The number of likely N-dealkylation sites (N-methyl/N-ethyl adjacent to an activating group) is 1. The highest BCUT2D eigenvalue weighted by atomic mass is 35.5. The molecule has 2 aromatic rings. The first-order valence-corrected chi connectivity index (χ1v) is 10.8. The summed E-state index contributed by atoms with van der Waals surface area (Å²) in [6.45, 7) is 1.90. The van der Waals surface area contributed by atoms with Crippen molar-refractivity contribution in [1.29, 1.82) is 0 Å². The van der Waals surface area contributed by atoms with Crippen LogP contribution in [0.5, 0.6) is 5.75 Å². The first-order valence-electron chi connectivity index (χ1n) is 8.96. The number of carbonyl (C=O) groups excluding carboxylic acids is 1. The van der Waals surface area contributed by atoms with Crippen molar-refractivity contribution in [1.82, 2.24) is 9.21 Å². The number of piperazine rings is 1. The lowest BCUT2D eigenvalue weighted by atomic mass is 10.2. The zero-order valence-electron chi connectivity index (χ0n) is 16.3. The van der Waals surface area contributed by atoms with Crippen LogP contribution in [0.25, 0.3) is 0 Å². The van der Waals surface area contributed by atoms with Gasteiger partial charge in [-0.2, -0.15) is 4.31 Å². The standard InChI is InChI=1S/C19H20ClF2N3O4S/c1-24-5-7-25(8-6-24)30(27,28)12-3-4-18(29-2)17(9-12)23-19(26)13-10-15(21)16(22)11-14(13)20/h3-4,9-11H,5-8H2,1-2H3,(H,23,26). The number of methoxy groups -OCH3 is 1. The molecule has 0 aromatic heterocycles. The monoisotopic (exact) mass is 459 g/mol. The highest BCUT2D eigenvalue weighted by Crippen LogP contribution is 2.30. The molecule has 1 aliphatic rings. The van der Waals surface area contributed by atoms with Gasteiger partial charge in [0.1, 0.15) is 5.75 Å². The molecule has 1 amide bonds. The van der Waals surface area contributed by atoms with Gasteiger partial charge in [0.15, 0.2) is 11.6 Å². The van der Waals surface area contributed by atoms with Crippen molar-refractivity contribution >= 4 is 33.2 Å². The van der Waals surface area contributed by atoms with Crippen LogP contribution in [0, 0.1) is 11.6 Å². The number of carbonyl (C=O) groups is 1. The molecule has 0 atom stereocenters. The minimum Gasteiger partial charge on any atom is -0.495 e. The number of sulfonamides is 1. The molecule has 7 nitrogen and oxygen atoms in total. The summed E-state index contributed by atoms with van der Waals surface area (Å²) in [7, 11) is -0.527. The van der Waals surface area contributed by atoms with Gasteiger partial charge < -0.3 is 15.0 Å². The highest BCUT2D eigenvalue weighted by molar-refractivity contribution is 7.89. The molecule has 3 rings (SSSR count). The molecule has 11 heteroatoms. The fraction of sp³-hybridized carbons (Fsp3) is 0.316. The predicted molar refractivity (Wildman–Crippen MR) is 109 cm³/mol. The molecule has 0 saturated carbocycles. The molecular weight excluding hydrogens is 440 g/mol. The Bertz CT molecular complexity index is 1070. The maximum Gasteiger partial charge on any atom is 0.257 e. The average molecular weight is 460 g/mol. The van der Waals surface area contributed by atoms with Gasteiger partial charge in [0.2, 0.25) is 10.0 Å². The fourth-order valence-corrected chi connectivity index (χ4v) is 4.69. The second kappa shape index (κ2) is 8.84. The van der Waals surface area contributed by atoms with Crippen molar-refractivity contribution < 1.29 is 26.7 Å². The Balaban J connectivity index is 1.92. The number of anilines is 1. The van der Waals surface area contributed by atoms with Crippen LogP contribution in [0.2, 0.25) is 5.02 Å². The van der Waals surface area contributed by atoms with Gasteiger partial charge in [0.05, 0.1) is 28.3 Å². The lowest BCUT2D eigenvalue weighted by Crippen LogP contribution is -2.47. The van der Waals surface area contributed by atoms with Crippen molar-refractivity contribution in [3.05, 3.63) is 52.6 Å². The SMILES string of the molecule is COc1ccc(S(=O)(=O)N2CCN(C)CC2)cc1NC(=O)c1cc(F)c(F)cc1Cl. The molecule has 1 fully saturated rings. The van der Waals surface area contributed by atoms with Gasteiger partial charge >= 0.3 is 0 Å². The van der Waals surface area contributed by atoms with Gasteiger partial charge in [-0.25, -0.2) is 17.2 Å². The summed E-state index contributed by atoms with van der Waals surface area (Å²) in [5.41, 5.74) is -0.247. The Hall–Kier alpha value is -2.27. The molecule has 0 radical (unpaired) electrons. The zero-order chi connectivity index (χ0) is 22.1. The Morgan fingerprint density at radius 2 is 1.73 bits per heavy atom. The van der Waals surface area contributed by atoms with E-state index in [0.29, 0.717) is 38.3 Å². The van der Waals surface area contributed by atoms with E-state index in [2.05, 4.69) is 5.32 Å². The number of amides is 1. The number of nitrogens with zero attached hydrogens (tertiary/aromatic N) is 2. The van der Waals surface area contributed by atoms with E-state index in [9.17, 15) is 22.0 Å². The van der Waals surface area contributed by atoms with Gasteiger partial charge in [-0.05, 0) is 37.4 Å². The van der Waals surface area contributed by atoms with Crippen LogP contribution in [-0.4, -0.2) is 63.9 Å². The number of nitrogens with one attached hydrogen (secondary N) is 1. The topological polar surface area (TPSA) is 79.0 Å². The van der Waals surface area contributed by atoms with Crippen LogP contribution < -0.4 is 10.1 Å². The second-order valence-corrected chi connectivity index (χ2v) is 9.11. The van der Waals surface area contributed by atoms with Crippen LogP contribution in [0.1, 0.15) is 10.4 Å². The molecule has 1 N–H and O–H groups in total. The maximum atomic E-state index is 13.5. The summed E-state index contributed by atoms with van der Waals surface area (Å²) in [5, 5.41) is 2.17. The van der Waals surface area contributed by atoms with E-state index >= 15 is 0 Å². The third kappa shape index (κ3) is 4.56. The van der Waals surface area contributed by atoms with Crippen LogP contribution in [-0.2, 0) is 10.0 Å². The number of ether oxygens (including phenoxy) is 1. The molecule has 2 aromatic carbocycles. The number of hydrogen-bond acceptors (Lipinski definition) is 5. The third-order valence-corrected chi connectivity index (χ3v) is 6.98. The van der Waals surface area contributed by atoms with Crippen molar-refractivity contribution in [2.75, 3.05) is 45.7 Å². The number of benzene rings is 2. The molecule has 0 bridgehead atoms. The molecule has 0 unspecified atom stereocenters. The quantitative estimate of drug-likeness (QED) is 0.696. The molecule has 30 heavy (non-hydrogen) atoms. The predicted octanol–water partition coefficient (Wildman–Crippen LogP) is 2.82. The van der Waals surface area contributed by atoms with Gasteiger partial charge in [-0.3, -0.25) is 4.79 Å². The maximum absolute atomic E-state index is 13.5. The molecule has 0 aliphatic carbocycles. The lowest BCUT2D eigenvalue weighted by Gasteiger charge is -2.31. The second-order valence-electron chi connectivity index (χ2n) is 6.77. The lowest BCUT2D eigenvalue weighted by molar-refractivity contribution is 0.102. The first-order chi connectivity index (χ1) is 14.1. The van der Waals surface area contributed by atoms with Gasteiger partial charge in [-0.1, -0.05) is 11.6 Å². The highest BCUT2D eigenvalue weighted by Gasteiger charge is 2.28. The molecular formula is C19H20ClF2N3O4S. The minimum absolute atomic E-state index is 0.0282. The van der Waals surface area contributed by atoms with Crippen molar-refractivity contribution in [2.45, 2.75) is 4.90 Å². The average Bonchev–Trinajstić information content (AvgIpc) is 2.70. The summed E-state index contributed by atoms with van der Waals surface area (Å²) in [6.07, 6.45) is 0. The van der Waals surface area contributed by atoms with Crippen LogP contribution in [0.4, 0.5) is 14.5 Å². The van der Waals surface area contributed by atoms with E-state index in [0.717, 1.165) is 0 Å². The van der Waals surface area contributed by atoms with E-state index in [4.69, 9.17) is 16.3 Å². The molecule has 1 aliphatic heterocycles. The Labute approximate surface area is 178 Å². The van der Waals surface area contributed by atoms with Crippen molar-refractivity contribution in [2.24, 2.45) is 0 Å². The van der Waals surface area contributed by atoms with E-state index in [1.165, 1.54) is 29.6 Å². The Kier molecular flexibility index (Phi) is 6.61. The van der Waals surface area contributed by atoms with Gasteiger partial charge in [-0.15, -0.1) is 0 Å². The van der Waals surface area contributed by atoms with Gasteiger partial charge in [0.25, 0.3) is 5.91 Å². The van der Waals surface area contributed by atoms with E-state index in [-0.39, 0.29) is 26.9 Å². The largest absolute Gasteiger partial charge is 0.495 e. The smallest absolute Gasteiger partial charge is 0.257 e.